The normalized spacial score (nSPS) is 12.7. The van der Waals surface area contributed by atoms with Crippen LogP contribution in [0.15, 0.2) is 11.6 Å². The first-order valence-corrected chi connectivity index (χ1v) is 6.08. The number of carbonyl (C=O) groups excluding carboxylic acids is 1. The zero-order valence-corrected chi connectivity index (χ0v) is 11.7. The molecule has 0 saturated carbocycles. The Morgan fingerprint density at radius 2 is 2.00 bits per heavy atom. The monoisotopic (exact) mass is 276 g/mol. The fourth-order valence-electron chi connectivity index (χ4n) is 1.12. The minimum absolute atomic E-state index is 0.204. The molecular weight excluding hydrogens is 256 g/mol. The van der Waals surface area contributed by atoms with Gasteiger partial charge in [0, 0.05) is 17.7 Å². The lowest BCUT2D eigenvalue weighted by molar-refractivity contribution is -0.140. The minimum Gasteiger partial charge on any atom is -0.466 e. The van der Waals surface area contributed by atoms with E-state index in [1.165, 1.54) is 12.5 Å². The second kappa shape index (κ2) is 7.04. The summed E-state index contributed by atoms with van der Waals surface area (Å²) in [6.45, 7) is 8.33. The van der Waals surface area contributed by atoms with Gasteiger partial charge in [-0.05, 0) is 19.8 Å². The predicted octanol–water partition coefficient (Wildman–Crippen LogP) is 3.84. The molecule has 88 valence electrons. The lowest BCUT2D eigenvalue weighted by Crippen LogP contribution is -2.07. The molecule has 3 heteroatoms. The molecular formula is C12H21BrO2. The second-order valence-electron chi connectivity index (χ2n) is 4.40. The molecule has 0 atom stereocenters. The first-order chi connectivity index (χ1) is 6.81. The molecule has 0 aromatic rings. The van der Waals surface area contributed by atoms with Crippen LogP contribution in [-0.2, 0) is 9.53 Å². The van der Waals surface area contributed by atoms with E-state index in [1.54, 1.807) is 0 Å². The number of ether oxygens (including phenoxy) is 1. The van der Waals surface area contributed by atoms with Gasteiger partial charge in [-0.3, -0.25) is 4.79 Å². The van der Waals surface area contributed by atoms with Crippen molar-refractivity contribution in [3.05, 3.63) is 11.6 Å². The third-order valence-electron chi connectivity index (χ3n) is 2.03. The van der Waals surface area contributed by atoms with E-state index >= 15 is 0 Å². The van der Waals surface area contributed by atoms with Gasteiger partial charge in [-0.25, -0.2) is 0 Å². The Bertz CT molecular complexity index is 226. The molecule has 0 rings (SSSR count). The van der Waals surface area contributed by atoms with Crippen LogP contribution in [0.3, 0.4) is 0 Å². The Morgan fingerprint density at radius 3 is 2.47 bits per heavy atom. The van der Waals surface area contributed by atoms with Crippen molar-refractivity contribution in [1.82, 2.24) is 0 Å². The van der Waals surface area contributed by atoms with Crippen molar-refractivity contribution >= 4 is 21.9 Å². The average molecular weight is 277 g/mol. The van der Waals surface area contributed by atoms with Gasteiger partial charge < -0.3 is 4.74 Å². The Hall–Kier alpha value is -0.310. The maximum atomic E-state index is 10.5. The second-order valence-corrected chi connectivity index (χ2v) is 6.54. The number of alkyl halides is 1. The molecule has 0 aliphatic heterocycles. The van der Waals surface area contributed by atoms with Crippen LogP contribution >= 0.6 is 15.9 Å². The fourth-order valence-corrected chi connectivity index (χ4v) is 1.35. The first-order valence-electron chi connectivity index (χ1n) is 5.29. The van der Waals surface area contributed by atoms with Gasteiger partial charge in [0.2, 0.25) is 0 Å². The number of allylic oxidation sites excluding steroid dienone is 1. The van der Waals surface area contributed by atoms with Gasteiger partial charge in [-0.1, -0.05) is 41.4 Å². The lowest BCUT2D eigenvalue weighted by Gasteiger charge is -2.14. The van der Waals surface area contributed by atoms with Crippen LogP contribution in [0.2, 0.25) is 0 Å². The molecule has 0 aliphatic carbocycles. The smallest absolute Gasteiger partial charge is 0.302 e. The maximum Gasteiger partial charge on any atom is 0.302 e. The summed E-state index contributed by atoms with van der Waals surface area (Å²) in [6, 6.07) is 0. The molecule has 0 saturated heterocycles. The molecule has 15 heavy (non-hydrogen) atoms. The van der Waals surface area contributed by atoms with Crippen molar-refractivity contribution in [3.8, 4) is 0 Å². The van der Waals surface area contributed by atoms with Crippen LogP contribution in [0.4, 0.5) is 0 Å². The largest absolute Gasteiger partial charge is 0.466 e. The van der Waals surface area contributed by atoms with E-state index in [2.05, 4.69) is 42.8 Å². The lowest BCUT2D eigenvalue weighted by atomic mass is 10.1. The number of esters is 1. The predicted molar refractivity (Wildman–Crippen MR) is 67.2 cm³/mol. The van der Waals surface area contributed by atoms with Gasteiger partial charge in [0.1, 0.15) is 0 Å². The SMILES string of the molecule is CC(=O)OCCC(C)=CCCC(C)(C)Br. The minimum atomic E-state index is -0.204. The molecule has 0 spiro atoms. The number of rotatable bonds is 6. The van der Waals surface area contributed by atoms with Crippen molar-refractivity contribution < 1.29 is 9.53 Å². The third-order valence-corrected chi connectivity index (χ3v) is 2.43. The highest BCUT2D eigenvalue weighted by atomic mass is 79.9. The van der Waals surface area contributed by atoms with Crippen LogP contribution in [0.1, 0.15) is 47.0 Å². The van der Waals surface area contributed by atoms with Gasteiger partial charge >= 0.3 is 5.97 Å². The summed E-state index contributed by atoms with van der Waals surface area (Å²) in [5.74, 6) is -0.204. The summed E-state index contributed by atoms with van der Waals surface area (Å²) in [6.07, 6.45) is 5.22. The average Bonchev–Trinajstić information content (AvgIpc) is 2.00. The summed E-state index contributed by atoms with van der Waals surface area (Å²) in [5.41, 5.74) is 1.29. The van der Waals surface area contributed by atoms with Crippen molar-refractivity contribution in [2.24, 2.45) is 0 Å². The van der Waals surface area contributed by atoms with Gasteiger partial charge in [0.15, 0.2) is 0 Å². The highest BCUT2D eigenvalue weighted by Gasteiger charge is 2.10. The van der Waals surface area contributed by atoms with Gasteiger partial charge in [0.05, 0.1) is 6.61 Å². The maximum absolute atomic E-state index is 10.5. The molecule has 0 radical (unpaired) electrons. The van der Waals surface area contributed by atoms with Crippen molar-refractivity contribution in [2.75, 3.05) is 6.61 Å². The molecule has 0 fully saturated rings. The molecule has 0 aromatic heterocycles. The molecule has 0 bridgehead atoms. The van der Waals surface area contributed by atoms with Crippen LogP contribution in [-0.4, -0.2) is 16.9 Å². The molecule has 0 aromatic carbocycles. The topological polar surface area (TPSA) is 26.3 Å². The molecule has 0 unspecified atom stereocenters. The van der Waals surface area contributed by atoms with Crippen molar-refractivity contribution in [2.45, 2.75) is 51.3 Å². The number of halogens is 1. The Labute approximate surface area is 101 Å². The van der Waals surface area contributed by atoms with E-state index in [1.807, 2.05) is 0 Å². The number of carbonyl (C=O) groups is 1. The highest BCUT2D eigenvalue weighted by Crippen LogP contribution is 2.22. The Morgan fingerprint density at radius 1 is 1.40 bits per heavy atom. The van der Waals surface area contributed by atoms with Crippen LogP contribution < -0.4 is 0 Å². The summed E-state index contributed by atoms with van der Waals surface area (Å²) in [4.78, 5) is 10.5. The summed E-state index contributed by atoms with van der Waals surface area (Å²) < 4.78 is 5.08. The van der Waals surface area contributed by atoms with Crippen LogP contribution in [0, 0.1) is 0 Å². The van der Waals surface area contributed by atoms with Crippen molar-refractivity contribution in [1.29, 1.82) is 0 Å². The summed E-state index contributed by atoms with van der Waals surface area (Å²) >= 11 is 3.60. The van der Waals surface area contributed by atoms with Crippen LogP contribution in [0.25, 0.3) is 0 Å². The summed E-state index contributed by atoms with van der Waals surface area (Å²) in [5, 5.41) is 0. The van der Waals surface area contributed by atoms with E-state index in [9.17, 15) is 4.79 Å². The third kappa shape index (κ3) is 11.6. The van der Waals surface area contributed by atoms with Crippen molar-refractivity contribution in [3.63, 3.8) is 0 Å². The Balaban J connectivity index is 3.66. The Kier molecular flexibility index (Phi) is 6.90. The van der Waals surface area contributed by atoms with E-state index in [0.29, 0.717) is 6.61 Å². The number of hydrogen-bond acceptors (Lipinski definition) is 2. The summed E-state index contributed by atoms with van der Waals surface area (Å²) in [7, 11) is 0. The zero-order valence-electron chi connectivity index (χ0n) is 10.1. The number of hydrogen-bond donors (Lipinski definition) is 0. The van der Waals surface area contributed by atoms with E-state index in [-0.39, 0.29) is 10.3 Å². The zero-order chi connectivity index (χ0) is 11.9. The fraction of sp³-hybridized carbons (Fsp3) is 0.750. The van der Waals surface area contributed by atoms with Gasteiger partial charge in [-0.2, -0.15) is 0 Å². The van der Waals surface area contributed by atoms with E-state index in [4.69, 9.17) is 4.74 Å². The molecule has 0 amide bonds. The standard InChI is InChI=1S/C12H21BrO2/c1-10(7-9-15-11(2)14)6-5-8-12(3,4)13/h6H,5,7-9H2,1-4H3. The van der Waals surface area contributed by atoms with Gasteiger partial charge in [0.25, 0.3) is 0 Å². The quantitative estimate of drug-likeness (QED) is 0.419. The van der Waals surface area contributed by atoms with E-state index < -0.39 is 0 Å². The molecule has 0 aliphatic rings. The van der Waals surface area contributed by atoms with Gasteiger partial charge in [-0.15, -0.1) is 0 Å². The highest BCUT2D eigenvalue weighted by molar-refractivity contribution is 9.10. The van der Waals surface area contributed by atoms with Crippen LogP contribution in [0.5, 0.6) is 0 Å². The molecule has 0 heterocycles. The first kappa shape index (κ1) is 14.7. The molecule has 0 N–H and O–H groups in total. The van der Waals surface area contributed by atoms with E-state index in [0.717, 1.165) is 19.3 Å². The molecule has 2 nitrogen and oxygen atoms in total.